The molecule has 0 radical (unpaired) electrons. The van der Waals surface area contributed by atoms with Crippen molar-refractivity contribution in [3.05, 3.63) is 101 Å². The zero-order valence-corrected chi connectivity index (χ0v) is 26.2. The maximum Gasteiger partial charge on any atom is 0.266 e. The number of carbonyl (C=O) groups is 4. The van der Waals surface area contributed by atoms with Gasteiger partial charge < -0.3 is 10.1 Å². The van der Waals surface area contributed by atoms with E-state index < -0.39 is 29.7 Å². The SMILES string of the molecule is O=C1CCC(N2C(=O)c3cccc(OCCCNCC4CCC(N(Cc5ccccc5)Cc5ccccc5)CC4)c3C2=O)C(=O)N1. The minimum absolute atomic E-state index is 0.0859. The van der Waals surface area contributed by atoms with Gasteiger partial charge in [-0.2, -0.15) is 0 Å². The summed E-state index contributed by atoms with van der Waals surface area (Å²) in [7, 11) is 0. The third-order valence-electron chi connectivity index (χ3n) is 9.41. The van der Waals surface area contributed by atoms with Gasteiger partial charge in [0.1, 0.15) is 11.8 Å². The molecule has 0 spiro atoms. The molecule has 240 valence electrons. The Hall–Kier alpha value is -4.34. The maximum absolute atomic E-state index is 13.3. The molecule has 3 aromatic rings. The van der Waals surface area contributed by atoms with E-state index in [0.29, 0.717) is 24.3 Å². The molecule has 2 aliphatic heterocycles. The second-order valence-electron chi connectivity index (χ2n) is 12.6. The Labute approximate surface area is 270 Å². The first-order chi connectivity index (χ1) is 22.5. The Kier molecular flexibility index (Phi) is 10.2. The van der Waals surface area contributed by atoms with Crippen LogP contribution < -0.4 is 15.4 Å². The van der Waals surface area contributed by atoms with E-state index in [0.717, 1.165) is 37.5 Å². The number of imide groups is 2. The number of carbonyl (C=O) groups excluding carboxylic acids is 4. The van der Waals surface area contributed by atoms with Gasteiger partial charge >= 0.3 is 0 Å². The summed E-state index contributed by atoms with van der Waals surface area (Å²) in [5.41, 5.74) is 3.13. The van der Waals surface area contributed by atoms with Crippen LogP contribution in [0.4, 0.5) is 0 Å². The van der Waals surface area contributed by atoms with Crippen molar-refractivity contribution in [1.82, 2.24) is 20.4 Å². The van der Waals surface area contributed by atoms with E-state index in [4.69, 9.17) is 4.74 Å². The van der Waals surface area contributed by atoms with Crippen molar-refractivity contribution in [1.29, 1.82) is 0 Å². The van der Waals surface area contributed by atoms with Crippen LogP contribution in [-0.2, 0) is 22.7 Å². The zero-order valence-electron chi connectivity index (χ0n) is 26.2. The molecule has 3 aliphatic rings. The van der Waals surface area contributed by atoms with Crippen LogP contribution in [0.1, 0.15) is 76.8 Å². The van der Waals surface area contributed by atoms with Crippen LogP contribution in [0, 0.1) is 5.92 Å². The monoisotopic (exact) mass is 622 g/mol. The third kappa shape index (κ3) is 7.37. The number of hydrogen-bond donors (Lipinski definition) is 2. The largest absolute Gasteiger partial charge is 0.493 e. The van der Waals surface area contributed by atoms with Crippen LogP contribution in [0.15, 0.2) is 78.9 Å². The molecule has 9 nitrogen and oxygen atoms in total. The zero-order chi connectivity index (χ0) is 31.9. The van der Waals surface area contributed by atoms with Crippen molar-refractivity contribution in [2.24, 2.45) is 5.92 Å². The number of nitrogens with zero attached hydrogens (tertiary/aromatic N) is 2. The Balaban J connectivity index is 0.942. The molecule has 1 unspecified atom stereocenters. The quantitative estimate of drug-likeness (QED) is 0.210. The standard InChI is InChI=1S/C37H42N4O5/c42-33-20-19-31(35(43)39-33)41-36(44)30-13-7-14-32(34(30)37(41)45)46-22-8-21-38-23-26-15-17-29(18-16-26)40(24-27-9-3-1-4-10-27)25-28-11-5-2-6-12-28/h1-7,9-14,26,29,31,38H,8,15-25H2,(H,39,42,43). The molecular weight excluding hydrogens is 580 g/mol. The number of piperidine rings is 1. The van der Waals surface area contributed by atoms with Gasteiger partial charge in [-0.25, -0.2) is 0 Å². The highest BCUT2D eigenvalue weighted by Crippen LogP contribution is 2.34. The predicted octanol–water partition coefficient (Wildman–Crippen LogP) is 4.71. The Bertz CT molecular complexity index is 1500. The van der Waals surface area contributed by atoms with Gasteiger partial charge in [0.25, 0.3) is 11.8 Å². The third-order valence-corrected chi connectivity index (χ3v) is 9.41. The first-order valence-electron chi connectivity index (χ1n) is 16.5. The summed E-state index contributed by atoms with van der Waals surface area (Å²) in [5.74, 6) is -1.10. The fraction of sp³-hybridized carbons (Fsp3) is 0.405. The van der Waals surface area contributed by atoms with E-state index in [1.54, 1.807) is 18.2 Å². The van der Waals surface area contributed by atoms with Gasteiger partial charge in [-0.05, 0) is 80.8 Å². The van der Waals surface area contributed by atoms with Gasteiger partial charge in [-0.3, -0.25) is 34.3 Å². The fourth-order valence-corrected chi connectivity index (χ4v) is 6.95. The van der Waals surface area contributed by atoms with Crippen LogP contribution in [0.5, 0.6) is 5.75 Å². The average molecular weight is 623 g/mol. The maximum atomic E-state index is 13.3. The van der Waals surface area contributed by atoms with Crippen molar-refractivity contribution >= 4 is 23.6 Å². The summed E-state index contributed by atoms with van der Waals surface area (Å²) in [5, 5.41) is 5.82. The highest BCUT2D eigenvalue weighted by atomic mass is 16.5. The van der Waals surface area contributed by atoms with Gasteiger partial charge in [0, 0.05) is 25.6 Å². The van der Waals surface area contributed by atoms with Crippen LogP contribution in [0.3, 0.4) is 0 Å². The molecular formula is C37H42N4O5. The van der Waals surface area contributed by atoms with Gasteiger partial charge in [-0.1, -0.05) is 66.7 Å². The molecule has 1 aliphatic carbocycles. The number of ether oxygens (including phenoxy) is 1. The summed E-state index contributed by atoms with van der Waals surface area (Å²) in [6.07, 6.45) is 5.74. The Morgan fingerprint density at radius 2 is 1.46 bits per heavy atom. The molecule has 0 bridgehead atoms. The lowest BCUT2D eigenvalue weighted by Crippen LogP contribution is -2.54. The summed E-state index contributed by atoms with van der Waals surface area (Å²) in [4.78, 5) is 53.8. The van der Waals surface area contributed by atoms with Crippen LogP contribution in [0.25, 0.3) is 0 Å². The Morgan fingerprint density at radius 1 is 0.783 bits per heavy atom. The number of rotatable bonds is 13. The highest BCUT2D eigenvalue weighted by Gasteiger charge is 2.46. The lowest BCUT2D eigenvalue weighted by atomic mass is 9.85. The number of hydrogen-bond acceptors (Lipinski definition) is 7. The summed E-state index contributed by atoms with van der Waals surface area (Å²) in [6, 6.07) is 26.0. The van der Waals surface area contributed by atoms with E-state index in [1.807, 2.05) is 0 Å². The summed E-state index contributed by atoms with van der Waals surface area (Å²) < 4.78 is 5.98. The smallest absolute Gasteiger partial charge is 0.266 e. The molecule has 2 N–H and O–H groups in total. The molecule has 4 amide bonds. The molecule has 3 aromatic carbocycles. The second-order valence-corrected chi connectivity index (χ2v) is 12.6. The lowest BCUT2D eigenvalue weighted by Gasteiger charge is -2.37. The number of nitrogens with one attached hydrogen (secondary N) is 2. The van der Waals surface area contributed by atoms with Gasteiger partial charge in [0.05, 0.1) is 17.7 Å². The van der Waals surface area contributed by atoms with Crippen molar-refractivity contribution < 1.29 is 23.9 Å². The fourth-order valence-electron chi connectivity index (χ4n) is 6.95. The topological polar surface area (TPSA) is 108 Å². The molecule has 9 heteroatoms. The normalized spacial score (nSPS) is 21.4. The van der Waals surface area contributed by atoms with E-state index in [2.05, 4.69) is 76.2 Å². The van der Waals surface area contributed by atoms with Crippen LogP contribution in [-0.4, -0.2) is 65.2 Å². The second kappa shape index (κ2) is 14.8. The molecule has 46 heavy (non-hydrogen) atoms. The molecule has 1 atom stereocenters. The number of fused-ring (bicyclic) bond motifs is 1. The highest BCUT2D eigenvalue weighted by molar-refractivity contribution is 6.24. The Morgan fingerprint density at radius 3 is 2.11 bits per heavy atom. The van der Waals surface area contributed by atoms with Gasteiger partial charge in [0.2, 0.25) is 11.8 Å². The van der Waals surface area contributed by atoms with E-state index in [1.165, 1.54) is 36.8 Å². The summed E-state index contributed by atoms with van der Waals surface area (Å²) >= 11 is 0. The van der Waals surface area contributed by atoms with Crippen molar-refractivity contribution in [3.63, 3.8) is 0 Å². The average Bonchev–Trinajstić information content (AvgIpc) is 3.33. The minimum Gasteiger partial charge on any atom is -0.493 e. The minimum atomic E-state index is -0.993. The van der Waals surface area contributed by atoms with E-state index in [9.17, 15) is 19.2 Å². The van der Waals surface area contributed by atoms with Gasteiger partial charge in [0.15, 0.2) is 0 Å². The van der Waals surface area contributed by atoms with Crippen LogP contribution in [0.2, 0.25) is 0 Å². The number of amides is 4. The summed E-state index contributed by atoms with van der Waals surface area (Å²) in [6.45, 7) is 4.08. The van der Waals surface area contributed by atoms with Crippen molar-refractivity contribution in [2.75, 3.05) is 19.7 Å². The van der Waals surface area contributed by atoms with E-state index in [-0.39, 0.29) is 24.0 Å². The lowest BCUT2D eigenvalue weighted by molar-refractivity contribution is -0.136. The molecule has 6 rings (SSSR count). The predicted molar refractivity (Wildman–Crippen MR) is 174 cm³/mol. The van der Waals surface area contributed by atoms with Crippen molar-refractivity contribution in [2.45, 2.75) is 70.1 Å². The molecule has 2 heterocycles. The first kappa shape index (κ1) is 31.6. The molecule has 1 saturated carbocycles. The van der Waals surface area contributed by atoms with Crippen LogP contribution >= 0.6 is 0 Å². The molecule has 0 aromatic heterocycles. The first-order valence-corrected chi connectivity index (χ1v) is 16.5. The molecule has 2 fully saturated rings. The van der Waals surface area contributed by atoms with E-state index >= 15 is 0 Å². The number of benzene rings is 3. The van der Waals surface area contributed by atoms with Gasteiger partial charge in [-0.15, -0.1) is 0 Å². The van der Waals surface area contributed by atoms with Crippen molar-refractivity contribution in [3.8, 4) is 5.75 Å². The molecule has 1 saturated heterocycles.